The molecule has 3 N–H and O–H groups in total. The van der Waals surface area contributed by atoms with Crippen LogP contribution in [0.2, 0.25) is 0 Å². The van der Waals surface area contributed by atoms with Crippen LogP contribution < -0.4 is 10.6 Å². The first-order valence-electron chi connectivity index (χ1n) is 11.5. The minimum atomic E-state index is -0.687. The summed E-state index contributed by atoms with van der Waals surface area (Å²) in [4.78, 5) is 43.1. The number of benzene rings is 1. The summed E-state index contributed by atoms with van der Waals surface area (Å²) in [6, 6.07) is 8.93. The second-order valence-corrected chi connectivity index (χ2v) is 9.37. The largest absolute Gasteiger partial charge is 0.379 e. The molecule has 1 aromatic heterocycles. The minimum Gasteiger partial charge on any atom is -0.379 e. The Morgan fingerprint density at radius 1 is 1.21 bits per heavy atom. The van der Waals surface area contributed by atoms with E-state index >= 15 is 0 Å². The summed E-state index contributed by atoms with van der Waals surface area (Å²) in [6.45, 7) is 7.16. The molecule has 0 bridgehead atoms. The highest BCUT2D eigenvalue weighted by atomic mass is 16.5. The van der Waals surface area contributed by atoms with Crippen molar-refractivity contribution in [3.63, 3.8) is 0 Å². The van der Waals surface area contributed by atoms with Gasteiger partial charge in [-0.2, -0.15) is 0 Å². The Labute approximate surface area is 194 Å². The fourth-order valence-electron chi connectivity index (χ4n) is 4.40. The Bertz CT molecular complexity index is 1030. The predicted octanol–water partition coefficient (Wildman–Crippen LogP) is 2.14. The van der Waals surface area contributed by atoms with Crippen LogP contribution in [-0.2, 0) is 25.7 Å². The van der Waals surface area contributed by atoms with E-state index in [1.807, 2.05) is 50.4 Å². The number of hydrogen-bond donors (Lipinski definition) is 3. The molecule has 8 heteroatoms. The second-order valence-electron chi connectivity index (χ2n) is 9.37. The molecule has 1 aromatic carbocycles. The van der Waals surface area contributed by atoms with Crippen LogP contribution in [0.1, 0.15) is 37.9 Å². The molecule has 3 heterocycles. The number of carbonyl (C=O) groups is 3. The lowest BCUT2D eigenvalue weighted by Gasteiger charge is -2.37. The van der Waals surface area contributed by atoms with Crippen LogP contribution in [0.25, 0.3) is 11.1 Å². The maximum Gasteiger partial charge on any atom is 0.245 e. The van der Waals surface area contributed by atoms with E-state index in [-0.39, 0.29) is 17.7 Å². The number of ether oxygens (including phenoxy) is 1. The second kappa shape index (κ2) is 9.39. The lowest BCUT2D eigenvalue weighted by atomic mass is 9.87. The Morgan fingerprint density at radius 2 is 1.94 bits per heavy atom. The number of nitrogens with one attached hydrogen (secondary N) is 3. The van der Waals surface area contributed by atoms with Crippen molar-refractivity contribution in [2.75, 3.05) is 19.8 Å². The van der Waals surface area contributed by atoms with Gasteiger partial charge in [0, 0.05) is 30.5 Å². The Balaban J connectivity index is 1.31. The quantitative estimate of drug-likeness (QED) is 0.599. The summed E-state index contributed by atoms with van der Waals surface area (Å²) < 4.78 is 5.13. The van der Waals surface area contributed by atoms with E-state index < -0.39 is 17.5 Å². The maximum atomic E-state index is 13.0. The first-order chi connectivity index (χ1) is 15.8. The molecule has 2 fully saturated rings. The summed E-state index contributed by atoms with van der Waals surface area (Å²) in [7, 11) is 0. The third-order valence-electron chi connectivity index (χ3n) is 6.63. The van der Waals surface area contributed by atoms with Crippen molar-refractivity contribution in [3.8, 4) is 11.1 Å². The number of carbonyl (C=O) groups excluding carboxylic acids is 3. The van der Waals surface area contributed by atoms with Crippen LogP contribution in [0.15, 0.2) is 36.5 Å². The molecule has 0 saturated carbocycles. The predicted molar refractivity (Wildman–Crippen MR) is 124 cm³/mol. The number of nitrogens with zero attached hydrogens (tertiary/aromatic N) is 1. The third kappa shape index (κ3) is 4.80. The molecule has 176 valence electrons. The molecule has 4 rings (SSSR count). The van der Waals surface area contributed by atoms with Gasteiger partial charge in [-0.05, 0) is 50.8 Å². The summed E-state index contributed by atoms with van der Waals surface area (Å²) in [5.74, 6) is -0.576. The highest BCUT2D eigenvalue weighted by Crippen LogP contribution is 2.27. The number of H-pyrrole nitrogens is 1. The molecule has 0 spiro atoms. The zero-order valence-electron chi connectivity index (χ0n) is 19.4. The summed E-state index contributed by atoms with van der Waals surface area (Å²) >= 11 is 0. The number of aromatic amines is 1. The van der Waals surface area contributed by atoms with Crippen molar-refractivity contribution in [1.82, 2.24) is 20.5 Å². The number of aromatic nitrogens is 1. The minimum absolute atomic E-state index is 0.163. The van der Waals surface area contributed by atoms with E-state index in [0.717, 1.165) is 28.8 Å². The first-order valence-corrected chi connectivity index (χ1v) is 11.5. The van der Waals surface area contributed by atoms with Gasteiger partial charge >= 0.3 is 0 Å². The van der Waals surface area contributed by atoms with Crippen LogP contribution in [-0.4, -0.2) is 59.4 Å². The zero-order chi connectivity index (χ0) is 23.6. The molecular weight excluding hydrogens is 420 g/mol. The van der Waals surface area contributed by atoms with Crippen LogP contribution >= 0.6 is 0 Å². The Hall–Kier alpha value is -3.13. The van der Waals surface area contributed by atoms with Crippen molar-refractivity contribution in [2.45, 2.75) is 52.2 Å². The highest BCUT2D eigenvalue weighted by molar-refractivity contribution is 5.93. The Morgan fingerprint density at radius 3 is 2.55 bits per heavy atom. The molecule has 33 heavy (non-hydrogen) atoms. The normalized spacial score (nSPS) is 20.1. The van der Waals surface area contributed by atoms with Crippen molar-refractivity contribution < 1.29 is 19.1 Å². The molecule has 0 aliphatic carbocycles. The van der Waals surface area contributed by atoms with Gasteiger partial charge in [-0.25, -0.2) is 0 Å². The summed E-state index contributed by atoms with van der Waals surface area (Å²) in [6.07, 6.45) is 3.30. The van der Waals surface area contributed by atoms with Gasteiger partial charge in [-0.3, -0.25) is 14.4 Å². The fourth-order valence-corrected chi connectivity index (χ4v) is 4.40. The molecule has 3 amide bonds. The molecule has 2 aromatic rings. The van der Waals surface area contributed by atoms with Crippen LogP contribution in [0, 0.1) is 12.3 Å². The molecule has 2 aliphatic heterocycles. The van der Waals surface area contributed by atoms with Crippen molar-refractivity contribution in [1.29, 1.82) is 0 Å². The van der Waals surface area contributed by atoms with Gasteiger partial charge in [0.2, 0.25) is 17.7 Å². The number of hydrogen-bond acceptors (Lipinski definition) is 4. The molecule has 2 aliphatic rings. The number of aryl methyl sites for hydroxylation is 1. The van der Waals surface area contributed by atoms with Crippen molar-refractivity contribution in [3.05, 3.63) is 47.8 Å². The van der Waals surface area contributed by atoms with Gasteiger partial charge in [-0.1, -0.05) is 24.3 Å². The van der Waals surface area contributed by atoms with Gasteiger partial charge in [0.1, 0.15) is 12.1 Å². The van der Waals surface area contributed by atoms with Gasteiger partial charge in [-0.15, -0.1) is 0 Å². The van der Waals surface area contributed by atoms with Crippen LogP contribution in [0.3, 0.4) is 0 Å². The van der Waals surface area contributed by atoms with Gasteiger partial charge in [0.25, 0.3) is 0 Å². The molecule has 2 unspecified atom stereocenters. The third-order valence-corrected chi connectivity index (χ3v) is 6.63. The monoisotopic (exact) mass is 452 g/mol. The smallest absolute Gasteiger partial charge is 0.245 e. The maximum absolute atomic E-state index is 13.0. The number of amides is 3. The molecular formula is C25H32N4O4. The average Bonchev–Trinajstić information content (AvgIpc) is 3.44. The van der Waals surface area contributed by atoms with Gasteiger partial charge in [0.05, 0.1) is 18.6 Å². The lowest BCUT2D eigenvalue weighted by Crippen LogP contribution is -2.58. The molecule has 2 saturated heterocycles. The zero-order valence-corrected chi connectivity index (χ0v) is 19.4. The SMILES string of the molecule is Cc1[nH]ccc1-c1ccc(CNC(=O)C2CCCN2C(=O)C(C)NC(=O)C2(C)COC2)cc1. The lowest BCUT2D eigenvalue weighted by molar-refractivity contribution is -0.159. The number of rotatable bonds is 7. The van der Waals surface area contributed by atoms with Crippen LogP contribution in [0.5, 0.6) is 0 Å². The topological polar surface area (TPSA) is 104 Å². The van der Waals surface area contributed by atoms with E-state index in [9.17, 15) is 14.4 Å². The van der Waals surface area contributed by atoms with E-state index in [0.29, 0.717) is 32.7 Å². The average molecular weight is 453 g/mol. The first kappa shape index (κ1) is 23.0. The number of likely N-dealkylation sites (tertiary alicyclic amines) is 1. The van der Waals surface area contributed by atoms with E-state index in [1.54, 1.807) is 11.8 Å². The highest BCUT2D eigenvalue weighted by Gasteiger charge is 2.43. The molecule has 8 nitrogen and oxygen atoms in total. The van der Waals surface area contributed by atoms with Crippen molar-refractivity contribution >= 4 is 17.7 Å². The van der Waals surface area contributed by atoms with E-state index in [1.165, 1.54) is 0 Å². The standard InChI is InChI=1S/C25H32N4O4/c1-16-20(10-11-26-16)19-8-6-18(7-9-19)13-27-22(30)21-5-4-12-29(21)23(31)17(2)28-24(32)25(3)14-33-15-25/h6-11,17,21,26H,4-5,12-15H2,1-3H3,(H,27,30)(H,28,32). The fraction of sp³-hybridized carbons (Fsp3) is 0.480. The van der Waals surface area contributed by atoms with Gasteiger partial charge < -0.3 is 25.3 Å². The van der Waals surface area contributed by atoms with Gasteiger partial charge in [0.15, 0.2) is 0 Å². The van der Waals surface area contributed by atoms with E-state index in [2.05, 4.69) is 15.6 Å². The van der Waals surface area contributed by atoms with E-state index in [4.69, 9.17) is 4.74 Å². The van der Waals surface area contributed by atoms with Crippen LogP contribution in [0.4, 0.5) is 0 Å². The van der Waals surface area contributed by atoms with Crippen molar-refractivity contribution in [2.24, 2.45) is 5.41 Å². The molecule has 0 radical (unpaired) electrons. The Kier molecular flexibility index (Phi) is 6.56. The summed E-state index contributed by atoms with van der Waals surface area (Å²) in [5, 5.41) is 5.76. The molecule has 2 atom stereocenters. The summed E-state index contributed by atoms with van der Waals surface area (Å²) in [5.41, 5.74) is 3.81.